The van der Waals surface area contributed by atoms with Crippen LogP contribution in [0.2, 0.25) is 0 Å². The molecule has 2 fully saturated rings. The summed E-state index contributed by atoms with van der Waals surface area (Å²) in [5, 5.41) is 9.08. The topological polar surface area (TPSA) is 52.4 Å². The summed E-state index contributed by atoms with van der Waals surface area (Å²) in [6.45, 7) is 4.75. The lowest BCUT2D eigenvalue weighted by Crippen LogP contribution is -2.44. The number of nitrogens with zero attached hydrogens (tertiary/aromatic N) is 4. The van der Waals surface area contributed by atoms with Crippen molar-refractivity contribution in [2.45, 2.75) is 44.0 Å². The number of nitriles is 1. The van der Waals surface area contributed by atoms with Crippen molar-refractivity contribution in [1.29, 1.82) is 5.26 Å². The van der Waals surface area contributed by atoms with Crippen molar-refractivity contribution in [3.05, 3.63) is 65.5 Å². The SMILES string of the molecule is CN(Cc1cccnc1)[C@@H]1COC2(CCN(Cc3cccc(C#N)c3)CC2)C1. The van der Waals surface area contributed by atoms with E-state index in [4.69, 9.17) is 10.00 Å². The minimum absolute atomic E-state index is 0.0405. The molecule has 0 radical (unpaired) electrons. The first-order valence-corrected chi connectivity index (χ1v) is 10.1. The maximum atomic E-state index is 9.08. The van der Waals surface area contributed by atoms with Gasteiger partial charge in [-0.3, -0.25) is 14.8 Å². The Labute approximate surface area is 167 Å². The fourth-order valence-electron chi connectivity index (χ4n) is 4.48. The minimum atomic E-state index is 0.0405. The van der Waals surface area contributed by atoms with Crippen LogP contribution in [0.1, 0.15) is 36.0 Å². The lowest BCUT2D eigenvalue weighted by Gasteiger charge is -2.39. The van der Waals surface area contributed by atoms with Gasteiger partial charge in [-0.2, -0.15) is 5.26 Å². The van der Waals surface area contributed by atoms with E-state index >= 15 is 0 Å². The number of ether oxygens (including phenoxy) is 1. The fourth-order valence-corrected chi connectivity index (χ4v) is 4.48. The third-order valence-electron chi connectivity index (χ3n) is 6.20. The minimum Gasteiger partial charge on any atom is -0.373 e. The second-order valence-electron chi connectivity index (χ2n) is 8.22. The molecule has 2 aliphatic heterocycles. The summed E-state index contributed by atoms with van der Waals surface area (Å²) >= 11 is 0. The number of likely N-dealkylation sites (tertiary alicyclic amines) is 1. The van der Waals surface area contributed by atoms with Crippen molar-refractivity contribution in [1.82, 2.24) is 14.8 Å². The second-order valence-corrected chi connectivity index (χ2v) is 8.22. The molecule has 146 valence electrons. The molecule has 2 saturated heterocycles. The highest BCUT2D eigenvalue weighted by molar-refractivity contribution is 5.32. The van der Waals surface area contributed by atoms with Gasteiger partial charge >= 0.3 is 0 Å². The van der Waals surface area contributed by atoms with Crippen LogP contribution in [0, 0.1) is 11.3 Å². The summed E-state index contributed by atoms with van der Waals surface area (Å²) in [6.07, 6.45) is 7.05. The van der Waals surface area contributed by atoms with E-state index in [9.17, 15) is 0 Å². The largest absolute Gasteiger partial charge is 0.373 e. The Kier molecular flexibility index (Phi) is 5.72. The number of hydrogen-bond acceptors (Lipinski definition) is 5. The molecule has 0 bridgehead atoms. The summed E-state index contributed by atoms with van der Waals surface area (Å²) in [5.41, 5.74) is 3.25. The number of aromatic nitrogens is 1. The predicted molar refractivity (Wildman–Crippen MR) is 108 cm³/mol. The van der Waals surface area contributed by atoms with Gasteiger partial charge in [-0.15, -0.1) is 0 Å². The van der Waals surface area contributed by atoms with Crippen LogP contribution >= 0.6 is 0 Å². The first-order valence-electron chi connectivity index (χ1n) is 10.1. The molecule has 0 N–H and O–H groups in total. The van der Waals surface area contributed by atoms with Gasteiger partial charge in [0.2, 0.25) is 0 Å². The van der Waals surface area contributed by atoms with Gasteiger partial charge in [-0.25, -0.2) is 0 Å². The lowest BCUT2D eigenvalue weighted by atomic mass is 9.87. The smallest absolute Gasteiger partial charge is 0.0991 e. The van der Waals surface area contributed by atoms with E-state index in [1.54, 1.807) is 0 Å². The quantitative estimate of drug-likeness (QED) is 0.802. The van der Waals surface area contributed by atoms with Gasteiger partial charge in [0.05, 0.1) is 23.8 Å². The molecule has 3 heterocycles. The van der Waals surface area contributed by atoms with Crippen molar-refractivity contribution < 1.29 is 4.74 Å². The van der Waals surface area contributed by atoms with Crippen LogP contribution in [-0.2, 0) is 17.8 Å². The Morgan fingerprint density at radius 3 is 2.82 bits per heavy atom. The van der Waals surface area contributed by atoms with E-state index in [2.05, 4.69) is 40.0 Å². The molecule has 2 aliphatic rings. The van der Waals surface area contributed by atoms with Gasteiger partial charge in [0, 0.05) is 44.6 Å². The van der Waals surface area contributed by atoms with E-state index in [0.717, 1.165) is 57.6 Å². The van der Waals surface area contributed by atoms with Gasteiger partial charge < -0.3 is 4.74 Å². The van der Waals surface area contributed by atoms with Crippen LogP contribution in [0.15, 0.2) is 48.8 Å². The number of rotatable bonds is 5. The Balaban J connectivity index is 1.29. The summed E-state index contributed by atoms with van der Waals surface area (Å²) in [7, 11) is 2.19. The Morgan fingerprint density at radius 2 is 2.07 bits per heavy atom. The van der Waals surface area contributed by atoms with Crippen LogP contribution in [-0.4, -0.2) is 53.2 Å². The molecule has 5 heteroatoms. The number of benzene rings is 1. The van der Waals surface area contributed by atoms with Crippen molar-refractivity contribution >= 4 is 0 Å². The van der Waals surface area contributed by atoms with Crippen LogP contribution in [0.4, 0.5) is 0 Å². The third-order valence-corrected chi connectivity index (χ3v) is 6.20. The van der Waals surface area contributed by atoms with E-state index < -0.39 is 0 Å². The summed E-state index contributed by atoms with van der Waals surface area (Å²) < 4.78 is 6.36. The van der Waals surface area contributed by atoms with Crippen molar-refractivity contribution in [2.75, 3.05) is 26.7 Å². The summed E-state index contributed by atoms with van der Waals surface area (Å²) in [4.78, 5) is 9.11. The molecule has 0 saturated carbocycles. The zero-order valence-electron chi connectivity index (χ0n) is 16.6. The van der Waals surface area contributed by atoms with Gasteiger partial charge in [0.1, 0.15) is 0 Å². The molecular weight excluding hydrogens is 348 g/mol. The second kappa shape index (κ2) is 8.40. The molecule has 0 amide bonds. The molecule has 1 atom stereocenters. The molecule has 1 aromatic carbocycles. The van der Waals surface area contributed by atoms with Crippen molar-refractivity contribution in [3.8, 4) is 6.07 Å². The van der Waals surface area contributed by atoms with Crippen LogP contribution < -0.4 is 0 Å². The van der Waals surface area contributed by atoms with Gasteiger partial charge in [-0.1, -0.05) is 18.2 Å². The third kappa shape index (κ3) is 4.41. The average Bonchev–Trinajstić information content (AvgIpc) is 3.15. The standard InChI is InChI=1S/C23H28N4O/c1-26(16-21-6-3-9-25-15-21)22-13-23(28-18-22)7-10-27(11-8-23)17-20-5-2-4-19(12-20)14-24/h2-6,9,12,15,22H,7-8,10-11,13,16-18H2,1H3/t22-/m0/s1. The van der Waals surface area contributed by atoms with Crippen molar-refractivity contribution in [2.24, 2.45) is 0 Å². The highest BCUT2D eigenvalue weighted by Crippen LogP contribution is 2.38. The van der Waals surface area contributed by atoms with Crippen molar-refractivity contribution in [3.63, 3.8) is 0 Å². The Morgan fingerprint density at radius 1 is 1.25 bits per heavy atom. The Hall–Kier alpha value is -2.26. The van der Waals surface area contributed by atoms with Crippen LogP contribution in [0.3, 0.4) is 0 Å². The fraction of sp³-hybridized carbons (Fsp3) is 0.478. The van der Waals surface area contributed by atoms with Crippen LogP contribution in [0.25, 0.3) is 0 Å². The number of piperidine rings is 1. The normalized spacial score (nSPS) is 21.8. The maximum absolute atomic E-state index is 9.08. The molecule has 28 heavy (non-hydrogen) atoms. The van der Waals surface area contributed by atoms with E-state index in [-0.39, 0.29) is 5.60 Å². The molecule has 2 aromatic rings. The molecule has 1 spiro atoms. The van der Waals surface area contributed by atoms with Gasteiger partial charge in [-0.05, 0) is 55.6 Å². The van der Waals surface area contributed by atoms with Gasteiger partial charge in [0.15, 0.2) is 0 Å². The number of hydrogen-bond donors (Lipinski definition) is 0. The summed E-state index contributed by atoms with van der Waals surface area (Å²) in [6, 6.07) is 14.8. The zero-order valence-corrected chi connectivity index (χ0v) is 16.6. The molecular formula is C23H28N4O. The van der Waals surface area contributed by atoms with Crippen LogP contribution in [0.5, 0.6) is 0 Å². The maximum Gasteiger partial charge on any atom is 0.0991 e. The first-order chi connectivity index (χ1) is 13.7. The zero-order chi connectivity index (χ0) is 19.4. The highest BCUT2D eigenvalue weighted by Gasteiger charge is 2.43. The average molecular weight is 377 g/mol. The number of likely N-dealkylation sites (N-methyl/N-ethyl adjacent to an activating group) is 1. The van der Waals surface area contributed by atoms with Gasteiger partial charge in [0.25, 0.3) is 0 Å². The Bertz CT molecular complexity index is 824. The summed E-state index contributed by atoms with van der Waals surface area (Å²) in [5.74, 6) is 0. The number of pyridine rings is 1. The molecule has 0 aliphatic carbocycles. The van der Waals surface area contributed by atoms with E-state index in [0.29, 0.717) is 6.04 Å². The van der Waals surface area contributed by atoms with E-state index in [1.807, 2.05) is 36.7 Å². The lowest BCUT2D eigenvalue weighted by molar-refractivity contribution is -0.0452. The monoisotopic (exact) mass is 376 g/mol. The molecule has 5 nitrogen and oxygen atoms in total. The first kappa shape index (κ1) is 19.1. The predicted octanol–water partition coefficient (Wildman–Crippen LogP) is 3.21. The molecule has 4 rings (SSSR count). The van der Waals surface area contributed by atoms with E-state index in [1.165, 1.54) is 11.1 Å². The highest BCUT2D eigenvalue weighted by atomic mass is 16.5. The molecule has 0 unspecified atom stereocenters. The molecule has 1 aromatic heterocycles.